The number of benzene rings is 1. The lowest BCUT2D eigenvalue weighted by Crippen LogP contribution is -2.32. The van der Waals surface area contributed by atoms with Gasteiger partial charge in [0.2, 0.25) is 6.79 Å². The molecule has 2 heterocycles. The smallest absolute Gasteiger partial charge is 0.311 e. The maximum Gasteiger partial charge on any atom is 0.311 e. The van der Waals surface area contributed by atoms with E-state index in [4.69, 9.17) is 18.7 Å². The molecule has 1 aliphatic rings. The van der Waals surface area contributed by atoms with Crippen LogP contribution in [0.2, 0.25) is 0 Å². The van der Waals surface area contributed by atoms with E-state index in [1.54, 1.807) is 38.1 Å². The van der Waals surface area contributed by atoms with Crippen LogP contribution in [-0.2, 0) is 20.7 Å². The molecular formula is C17H18N2O6. The molecule has 0 saturated carbocycles. The Labute approximate surface area is 144 Å². The van der Waals surface area contributed by atoms with E-state index in [0.717, 1.165) is 5.56 Å². The van der Waals surface area contributed by atoms with Crippen LogP contribution >= 0.6 is 0 Å². The van der Waals surface area contributed by atoms with Crippen LogP contribution in [0.3, 0.4) is 0 Å². The highest BCUT2D eigenvalue weighted by Gasteiger charge is 2.23. The summed E-state index contributed by atoms with van der Waals surface area (Å²) in [5.41, 5.74) is 0.719. The van der Waals surface area contributed by atoms with Crippen LogP contribution in [0.15, 0.2) is 28.8 Å². The number of nitrogens with zero attached hydrogens (tertiary/aromatic N) is 1. The zero-order valence-corrected chi connectivity index (χ0v) is 13.9. The Morgan fingerprint density at radius 2 is 2.08 bits per heavy atom. The average Bonchev–Trinajstić information content (AvgIpc) is 3.20. The number of carbonyl (C=O) groups is 2. The maximum absolute atomic E-state index is 12.2. The van der Waals surface area contributed by atoms with Gasteiger partial charge in [-0.15, -0.1) is 0 Å². The highest BCUT2D eigenvalue weighted by molar-refractivity contribution is 5.94. The van der Waals surface area contributed by atoms with Gasteiger partial charge in [0, 0.05) is 6.07 Å². The summed E-state index contributed by atoms with van der Waals surface area (Å²) in [4.78, 5) is 24.3. The molecule has 1 aromatic carbocycles. The average molecular weight is 346 g/mol. The topological polar surface area (TPSA) is 99.9 Å². The zero-order chi connectivity index (χ0) is 17.8. The summed E-state index contributed by atoms with van der Waals surface area (Å²) in [6.45, 7) is 3.64. The number of carbonyl (C=O) groups excluding carboxylic acids is 2. The standard InChI is InChI=1S/C17H18N2O6/c1-3-12(17(21)18-15-6-10(2)25-19-15)24-16(20)8-11-4-5-13-14(7-11)23-9-22-13/h4-7,12H,3,8-9H2,1-2H3,(H,18,19,21). The lowest BCUT2D eigenvalue weighted by atomic mass is 10.1. The third-order valence-electron chi connectivity index (χ3n) is 3.60. The lowest BCUT2D eigenvalue weighted by molar-refractivity contribution is -0.153. The minimum Gasteiger partial charge on any atom is -0.454 e. The molecule has 0 saturated heterocycles. The number of hydrogen-bond donors (Lipinski definition) is 1. The number of aromatic nitrogens is 1. The van der Waals surface area contributed by atoms with Crippen LogP contribution in [0, 0.1) is 6.92 Å². The summed E-state index contributed by atoms with van der Waals surface area (Å²) in [6, 6.07) is 6.80. The Bertz CT molecular complexity index is 785. The van der Waals surface area contributed by atoms with E-state index in [9.17, 15) is 9.59 Å². The largest absolute Gasteiger partial charge is 0.454 e. The van der Waals surface area contributed by atoms with E-state index in [-0.39, 0.29) is 19.0 Å². The van der Waals surface area contributed by atoms with E-state index < -0.39 is 18.0 Å². The molecule has 1 aliphatic heterocycles. The molecule has 3 rings (SSSR count). The van der Waals surface area contributed by atoms with E-state index in [1.165, 1.54) is 0 Å². The molecule has 0 bridgehead atoms. The van der Waals surface area contributed by atoms with Gasteiger partial charge in [-0.2, -0.15) is 0 Å². The fourth-order valence-electron chi connectivity index (χ4n) is 2.37. The first-order valence-electron chi connectivity index (χ1n) is 7.87. The first-order chi connectivity index (χ1) is 12.0. The molecule has 132 valence electrons. The second kappa shape index (κ2) is 7.25. The molecule has 0 aliphatic carbocycles. The Morgan fingerprint density at radius 3 is 2.80 bits per heavy atom. The molecule has 1 unspecified atom stereocenters. The SMILES string of the molecule is CCC(OC(=O)Cc1ccc2c(c1)OCO2)C(=O)Nc1cc(C)on1. The predicted molar refractivity (Wildman–Crippen MR) is 86.3 cm³/mol. The number of fused-ring (bicyclic) bond motifs is 1. The van der Waals surface area contributed by atoms with E-state index >= 15 is 0 Å². The third kappa shape index (κ3) is 4.09. The Hall–Kier alpha value is -3.03. The minimum atomic E-state index is -0.904. The van der Waals surface area contributed by atoms with Gasteiger partial charge in [0.1, 0.15) is 5.76 Å². The summed E-state index contributed by atoms with van der Waals surface area (Å²) in [6.07, 6.45) is -0.530. The summed E-state index contributed by atoms with van der Waals surface area (Å²) in [5, 5.41) is 6.24. The molecular weight excluding hydrogens is 328 g/mol. The highest BCUT2D eigenvalue weighted by Crippen LogP contribution is 2.32. The van der Waals surface area contributed by atoms with E-state index in [2.05, 4.69) is 10.5 Å². The Kier molecular flexibility index (Phi) is 4.87. The zero-order valence-electron chi connectivity index (χ0n) is 13.9. The van der Waals surface area contributed by atoms with Crippen LogP contribution in [-0.4, -0.2) is 29.9 Å². The first-order valence-corrected chi connectivity index (χ1v) is 7.87. The number of nitrogens with one attached hydrogen (secondary N) is 1. The third-order valence-corrected chi connectivity index (χ3v) is 3.60. The number of amides is 1. The summed E-state index contributed by atoms with van der Waals surface area (Å²) >= 11 is 0. The normalized spacial score (nSPS) is 13.4. The van der Waals surface area contributed by atoms with Crippen molar-refractivity contribution in [2.45, 2.75) is 32.8 Å². The van der Waals surface area contributed by atoms with Gasteiger partial charge < -0.3 is 24.1 Å². The van der Waals surface area contributed by atoms with Gasteiger partial charge in [-0.1, -0.05) is 18.1 Å². The van der Waals surface area contributed by atoms with Crippen molar-refractivity contribution in [3.05, 3.63) is 35.6 Å². The molecule has 1 N–H and O–H groups in total. The fraction of sp³-hybridized carbons (Fsp3) is 0.353. The van der Waals surface area contributed by atoms with Gasteiger partial charge in [0.15, 0.2) is 23.4 Å². The predicted octanol–water partition coefficient (Wildman–Crippen LogP) is 2.21. The number of aryl methyl sites for hydroxylation is 1. The molecule has 0 spiro atoms. The van der Waals surface area contributed by atoms with Crippen LogP contribution in [0.1, 0.15) is 24.7 Å². The molecule has 8 heteroatoms. The molecule has 8 nitrogen and oxygen atoms in total. The molecule has 1 aromatic heterocycles. The number of rotatable bonds is 6. The lowest BCUT2D eigenvalue weighted by Gasteiger charge is -2.15. The van der Waals surface area contributed by atoms with Gasteiger partial charge in [0.25, 0.3) is 5.91 Å². The molecule has 1 atom stereocenters. The Balaban J connectivity index is 1.57. The quantitative estimate of drug-likeness (QED) is 0.800. The number of hydrogen-bond acceptors (Lipinski definition) is 7. The van der Waals surface area contributed by atoms with Crippen molar-refractivity contribution in [2.24, 2.45) is 0 Å². The molecule has 1 amide bonds. The second-order valence-electron chi connectivity index (χ2n) is 5.56. The Morgan fingerprint density at radius 1 is 1.28 bits per heavy atom. The van der Waals surface area contributed by atoms with Crippen LogP contribution in [0.5, 0.6) is 11.5 Å². The summed E-state index contributed by atoms with van der Waals surface area (Å²) in [5.74, 6) is 1.14. The number of ether oxygens (including phenoxy) is 3. The van der Waals surface area contributed by atoms with Crippen LogP contribution in [0.25, 0.3) is 0 Å². The number of anilines is 1. The highest BCUT2D eigenvalue weighted by atomic mass is 16.7. The van der Waals surface area contributed by atoms with Crippen LogP contribution < -0.4 is 14.8 Å². The van der Waals surface area contributed by atoms with Gasteiger partial charge in [0.05, 0.1) is 6.42 Å². The minimum absolute atomic E-state index is 0.0312. The van der Waals surface area contributed by atoms with Gasteiger partial charge in [-0.05, 0) is 31.0 Å². The van der Waals surface area contributed by atoms with Crippen molar-refractivity contribution < 1.29 is 28.3 Å². The van der Waals surface area contributed by atoms with Crippen LogP contribution in [0.4, 0.5) is 5.82 Å². The monoisotopic (exact) mass is 346 g/mol. The fourth-order valence-corrected chi connectivity index (χ4v) is 2.37. The van der Waals surface area contributed by atoms with Gasteiger partial charge in [-0.3, -0.25) is 9.59 Å². The van der Waals surface area contributed by atoms with Crippen molar-refractivity contribution in [3.63, 3.8) is 0 Å². The number of esters is 1. The van der Waals surface area contributed by atoms with Crippen molar-refractivity contribution in [2.75, 3.05) is 12.1 Å². The van der Waals surface area contributed by atoms with Crippen molar-refractivity contribution >= 4 is 17.7 Å². The van der Waals surface area contributed by atoms with E-state index in [1.807, 2.05) is 0 Å². The van der Waals surface area contributed by atoms with Gasteiger partial charge in [-0.25, -0.2) is 0 Å². The molecule has 25 heavy (non-hydrogen) atoms. The summed E-state index contributed by atoms with van der Waals surface area (Å²) in [7, 11) is 0. The molecule has 0 radical (unpaired) electrons. The van der Waals surface area contributed by atoms with Crippen molar-refractivity contribution in [1.82, 2.24) is 5.16 Å². The summed E-state index contributed by atoms with van der Waals surface area (Å²) < 4.78 is 20.7. The van der Waals surface area contributed by atoms with Crippen molar-refractivity contribution in [3.8, 4) is 11.5 Å². The first kappa shape index (κ1) is 16.8. The second-order valence-corrected chi connectivity index (χ2v) is 5.56. The van der Waals surface area contributed by atoms with E-state index in [0.29, 0.717) is 23.7 Å². The maximum atomic E-state index is 12.2. The van der Waals surface area contributed by atoms with Gasteiger partial charge >= 0.3 is 5.97 Å². The molecule has 0 fully saturated rings. The molecule has 2 aromatic rings. The van der Waals surface area contributed by atoms with Crippen molar-refractivity contribution in [1.29, 1.82) is 0 Å².